The first kappa shape index (κ1) is 24.8. The predicted molar refractivity (Wildman–Crippen MR) is 131 cm³/mol. The molecule has 5 rings (SSSR count). The van der Waals surface area contributed by atoms with Crippen LogP contribution in [-0.4, -0.2) is 43.3 Å². The van der Waals surface area contributed by atoms with Gasteiger partial charge in [0, 0.05) is 37.4 Å². The Kier molecular flexibility index (Phi) is 5.86. The lowest BCUT2D eigenvalue weighted by Gasteiger charge is -2.71. The highest BCUT2D eigenvalue weighted by molar-refractivity contribution is 5.66. The molecule has 0 radical (unpaired) electrons. The van der Waals surface area contributed by atoms with E-state index in [2.05, 4.69) is 40.7 Å². The fourth-order valence-corrected chi connectivity index (χ4v) is 10.5. The highest BCUT2D eigenvalue weighted by atomic mass is 16.7. The standard InChI is InChI=1S/C29H46O5/c1-17-19-9-10-21-27(5)14-11-20-26(3,4)12-8-13-29(20,16-30)22(27)15-23(34-18(2)31)28(21,6)24(19)25(32-7)33-17/h9,17,20-25,30H,8,10-16H2,1-7H3/t17?,20?,21?,22?,23-,24+,25+,27-,28+,29+/m0/s1. The van der Waals surface area contributed by atoms with Crippen molar-refractivity contribution in [3.8, 4) is 0 Å². The molecule has 5 heteroatoms. The van der Waals surface area contributed by atoms with E-state index in [1.807, 2.05) is 0 Å². The van der Waals surface area contributed by atoms with E-state index in [0.29, 0.717) is 17.8 Å². The molecular weight excluding hydrogens is 428 g/mol. The van der Waals surface area contributed by atoms with E-state index in [-0.39, 0.29) is 58.7 Å². The summed E-state index contributed by atoms with van der Waals surface area (Å²) in [5, 5.41) is 11.1. The van der Waals surface area contributed by atoms with Crippen LogP contribution in [0.3, 0.4) is 0 Å². The highest BCUT2D eigenvalue weighted by Crippen LogP contribution is 2.74. The maximum atomic E-state index is 12.5. The summed E-state index contributed by atoms with van der Waals surface area (Å²) >= 11 is 0. The van der Waals surface area contributed by atoms with Crippen molar-refractivity contribution in [1.29, 1.82) is 0 Å². The Labute approximate surface area is 206 Å². The van der Waals surface area contributed by atoms with Crippen LogP contribution in [-0.2, 0) is 19.0 Å². The molecule has 192 valence electrons. The number of aliphatic hydroxyl groups excluding tert-OH is 1. The van der Waals surface area contributed by atoms with Gasteiger partial charge in [-0.2, -0.15) is 0 Å². The first-order valence-electron chi connectivity index (χ1n) is 13.6. The summed E-state index contributed by atoms with van der Waals surface area (Å²) in [6, 6.07) is 0. The maximum Gasteiger partial charge on any atom is 0.302 e. The smallest absolute Gasteiger partial charge is 0.302 e. The first-order chi connectivity index (χ1) is 16.0. The van der Waals surface area contributed by atoms with Gasteiger partial charge in [-0.15, -0.1) is 0 Å². The van der Waals surface area contributed by atoms with E-state index < -0.39 is 0 Å². The molecule has 4 unspecified atom stereocenters. The number of esters is 1. The van der Waals surface area contributed by atoms with Crippen molar-refractivity contribution >= 4 is 5.97 Å². The van der Waals surface area contributed by atoms with Crippen LogP contribution in [0.25, 0.3) is 0 Å². The Morgan fingerprint density at radius 3 is 2.53 bits per heavy atom. The van der Waals surface area contributed by atoms with Gasteiger partial charge in [0.2, 0.25) is 0 Å². The van der Waals surface area contributed by atoms with E-state index in [9.17, 15) is 9.90 Å². The summed E-state index contributed by atoms with van der Waals surface area (Å²) in [7, 11) is 1.73. The molecule has 0 spiro atoms. The Morgan fingerprint density at radius 2 is 1.88 bits per heavy atom. The zero-order valence-electron chi connectivity index (χ0n) is 22.4. The number of hydrogen-bond acceptors (Lipinski definition) is 5. The zero-order chi connectivity index (χ0) is 24.7. The average molecular weight is 475 g/mol. The minimum atomic E-state index is -0.316. The van der Waals surface area contributed by atoms with E-state index in [1.165, 1.54) is 31.3 Å². The second-order valence-electron chi connectivity index (χ2n) is 13.4. The Morgan fingerprint density at radius 1 is 1.15 bits per heavy atom. The van der Waals surface area contributed by atoms with Gasteiger partial charge in [0.05, 0.1) is 6.10 Å². The summed E-state index contributed by atoms with van der Waals surface area (Å²) in [5.74, 6) is 1.06. The molecule has 4 fully saturated rings. The largest absolute Gasteiger partial charge is 0.462 e. The monoisotopic (exact) mass is 474 g/mol. The predicted octanol–water partition coefficient (Wildman–Crippen LogP) is 5.50. The van der Waals surface area contributed by atoms with Crippen LogP contribution in [0.15, 0.2) is 11.6 Å². The molecule has 1 aliphatic heterocycles. The van der Waals surface area contributed by atoms with E-state index in [1.54, 1.807) is 14.0 Å². The van der Waals surface area contributed by atoms with Crippen molar-refractivity contribution in [3.05, 3.63) is 11.6 Å². The summed E-state index contributed by atoms with van der Waals surface area (Å²) in [6.07, 6.45) is 9.55. The average Bonchev–Trinajstić information content (AvgIpc) is 3.11. The van der Waals surface area contributed by atoms with Gasteiger partial charge in [0.15, 0.2) is 6.29 Å². The summed E-state index contributed by atoms with van der Waals surface area (Å²) in [4.78, 5) is 12.5. The fourth-order valence-electron chi connectivity index (χ4n) is 10.5. The van der Waals surface area contributed by atoms with Crippen LogP contribution in [0.1, 0.15) is 86.5 Å². The second kappa shape index (κ2) is 8.05. The Balaban J connectivity index is 1.65. The van der Waals surface area contributed by atoms with Crippen molar-refractivity contribution in [2.75, 3.05) is 13.7 Å². The summed E-state index contributed by atoms with van der Waals surface area (Å²) in [5.41, 5.74) is 1.26. The number of carbonyl (C=O) groups is 1. The maximum absolute atomic E-state index is 12.5. The Bertz CT molecular complexity index is 865. The van der Waals surface area contributed by atoms with Crippen LogP contribution >= 0.6 is 0 Å². The molecule has 0 aromatic rings. The number of aliphatic hydroxyl groups is 1. The minimum absolute atomic E-state index is 0.0231. The van der Waals surface area contributed by atoms with Crippen molar-refractivity contribution in [3.63, 3.8) is 0 Å². The fraction of sp³-hybridized carbons (Fsp3) is 0.897. The van der Waals surface area contributed by atoms with Gasteiger partial charge in [-0.1, -0.05) is 40.2 Å². The molecule has 5 aliphatic rings. The van der Waals surface area contributed by atoms with Crippen LogP contribution < -0.4 is 0 Å². The SMILES string of the molecule is CO[C@@H]1OC(C)C2=CCC3[C@]4(C)CCC5C(C)(C)CCC[C@]5(CO)C4C[C@H](OC(C)=O)[C@]3(C)[C@H]21. The topological polar surface area (TPSA) is 65.0 Å². The number of hydrogen-bond donors (Lipinski definition) is 1. The van der Waals surface area contributed by atoms with E-state index in [4.69, 9.17) is 14.2 Å². The lowest BCUT2D eigenvalue weighted by Crippen LogP contribution is -2.68. The van der Waals surface area contributed by atoms with Crippen LogP contribution in [0.5, 0.6) is 0 Å². The summed E-state index contributed by atoms with van der Waals surface area (Å²) in [6.45, 7) is 13.6. The van der Waals surface area contributed by atoms with E-state index >= 15 is 0 Å². The third kappa shape index (κ3) is 3.11. The second-order valence-corrected chi connectivity index (χ2v) is 13.4. The Hall–Kier alpha value is -0.910. The normalized spacial score (nSPS) is 51.4. The third-order valence-electron chi connectivity index (χ3n) is 11.8. The molecule has 3 saturated carbocycles. The molecule has 1 N–H and O–H groups in total. The summed E-state index contributed by atoms with van der Waals surface area (Å²) < 4.78 is 18.4. The molecule has 0 bridgehead atoms. The van der Waals surface area contributed by atoms with Crippen LogP contribution in [0, 0.1) is 45.3 Å². The van der Waals surface area contributed by atoms with Gasteiger partial charge in [-0.05, 0) is 79.6 Å². The lowest BCUT2D eigenvalue weighted by molar-refractivity contribution is -0.264. The molecule has 0 aromatic heterocycles. The highest BCUT2D eigenvalue weighted by Gasteiger charge is 2.71. The van der Waals surface area contributed by atoms with Crippen molar-refractivity contribution in [2.24, 2.45) is 45.3 Å². The van der Waals surface area contributed by atoms with Gasteiger partial charge in [0.25, 0.3) is 0 Å². The third-order valence-corrected chi connectivity index (χ3v) is 11.8. The van der Waals surface area contributed by atoms with Crippen molar-refractivity contribution in [1.82, 2.24) is 0 Å². The van der Waals surface area contributed by atoms with Crippen LogP contribution in [0.2, 0.25) is 0 Å². The van der Waals surface area contributed by atoms with Crippen LogP contribution in [0.4, 0.5) is 0 Å². The minimum Gasteiger partial charge on any atom is -0.462 e. The van der Waals surface area contributed by atoms with Gasteiger partial charge in [0.1, 0.15) is 6.10 Å². The molecule has 0 aromatic carbocycles. The number of allylic oxidation sites excluding steroid dienone is 1. The number of methoxy groups -OCH3 is 1. The molecule has 4 aliphatic carbocycles. The zero-order valence-corrected chi connectivity index (χ0v) is 22.4. The van der Waals surface area contributed by atoms with Gasteiger partial charge in [-0.3, -0.25) is 4.79 Å². The number of rotatable bonds is 3. The lowest BCUT2D eigenvalue weighted by atomic mass is 9.34. The quantitative estimate of drug-likeness (QED) is 0.432. The van der Waals surface area contributed by atoms with Gasteiger partial charge in [-0.25, -0.2) is 0 Å². The van der Waals surface area contributed by atoms with Crippen molar-refractivity contribution < 1.29 is 24.1 Å². The van der Waals surface area contributed by atoms with Gasteiger partial charge >= 0.3 is 5.97 Å². The first-order valence-corrected chi connectivity index (χ1v) is 13.6. The molecule has 34 heavy (non-hydrogen) atoms. The van der Waals surface area contributed by atoms with E-state index in [0.717, 1.165) is 19.3 Å². The molecule has 1 heterocycles. The molecule has 5 nitrogen and oxygen atoms in total. The molecule has 0 amide bonds. The molecule has 1 saturated heterocycles. The van der Waals surface area contributed by atoms with Crippen molar-refractivity contribution in [2.45, 2.75) is 105 Å². The molecule has 10 atom stereocenters. The molecular formula is C29H46O5. The number of ether oxygens (including phenoxy) is 3. The number of fused-ring (bicyclic) bond motifs is 7. The number of carbonyl (C=O) groups excluding carboxylic acids is 1. The van der Waals surface area contributed by atoms with Gasteiger partial charge < -0.3 is 19.3 Å².